The zero-order valence-corrected chi connectivity index (χ0v) is 15.5. The molecule has 2 saturated heterocycles. The van der Waals surface area contributed by atoms with E-state index in [9.17, 15) is 14.4 Å². The van der Waals surface area contributed by atoms with E-state index in [2.05, 4.69) is 16.0 Å². The van der Waals surface area contributed by atoms with E-state index < -0.39 is 5.97 Å². The summed E-state index contributed by atoms with van der Waals surface area (Å²) in [4.78, 5) is 33.3. The van der Waals surface area contributed by atoms with E-state index in [1.807, 2.05) is 11.8 Å². The van der Waals surface area contributed by atoms with Crippen molar-refractivity contribution in [3.63, 3.8) is 0 Å². The van der Waals surface area contributed by atoms with E-state index in [1.165, 1.54) is 0 Å². The summed E-state index contributed by atoms with van der Waals surface area (Å²) in [7, 11) is 0. The minimum atomic E-state index is -1.01. The van der Waals surface area contributed by atoms with Crippen molar-refractivity contribution in [1.82, 2.24) is 16.0 Å². The smallest absolute Gasteiger partial charge is 0.329 e. The number of ether oxygens (including phenoxy) is 2. The van der Waals surface area contributed by atoms with Gasteiger partial charge in [-0.15, -0.1) is 0 Å². The Morgan fingerprint density at radius 1 is 1.19 bits per heavy atom. The fourth-order valence-electron chi connectivity index (χ4n) is 3.00. The van der Waals surface area contributed by atoms with Gasteiger partial charge in [0.25, 0.3) is 0 Å². The molecule has 0 radical (unpaired) electrons. The monoisotopic (exact) mass is 389 g/mol. The number of thioether (sulfide) groups is 1. The maximum atomic E-state index is 11.7. The van der Waals surface area contributed by atoms with Gasteiger partial charge in [0.15, 0.2) is 0 Å². The molecule has 9 nitrogen and oxygen atoms in total. The molecule has 2 fully saturated rings. The fraction of sp³-hybridized carbons (Fsp3) is 0.812. The van der Waals surface area contributed by atoms with Crippen LogP contribution in [0.25, 0.3) is 0 Å². The molecule has 2 heterocycles. The van der Waals surface area contributed by atoms with Gasteiger partial charge in [0, 0.05) is 24.0 Å². The molecule has 0 aromatic heterocycles. The third-order valence-electron chi connectivity index (χ3n) is 4.25. The maximum Gasteiger partial charge on any atom is 0.329 e. The molecule has 10 heteroatoms. The molecule has 0 bridgehead atoms. The van der Waals surface area contributed by atoms with Gasteiger partial charge in [-0.3, -0.25) is 4.79 Å². The summed E-state index contributed by atoms with van der Waals surface area (Å²) in [5, 5.41) is 17.5. The van der Waals surface area contributed by atoms with E-state index in [4.69, 9.17) is 14.6 Å². The molecule has 2 unspecified atom stereocenters. The van der Waals surface area contributed by atoms with E-state index in [-0.39, 0.29) is 37.2 Å². The molecular formula is C16H27N3O6S. The van der Waals surface area contributed by atoms with Gasteiger partial charge in [-0.05, 0) is 12.8 Å². The lowest BCUT2D eigenvalue weighted by Crippen LogP contribution is -2.36. The van der Waals surface area contributed by atoms with Crippen LogP contribution in [0.15, 0.2) is 0 Å². The molecule has 0 aliphatic carbocycles. The van der Waals surface area contributed by atoms with E-state index in [1.54, 1.807) is 0 Å². The molecule has 0 saturated carbocycles. The van der Waals surface area contributed by atoms with Crippen molar-refractivity contribution >= 4 is 29.7 Å². The van der Waals surface area contributed by atoms with Crippen molar-refractivity contribution in [2.24, 2.45) is 0 Å². The van der Waals surface area contributed by atoms with Crippen molar-refractivity contribution in [2.75, 3.05) is 38.7 Å². The number of carboxylic acids is 1. The number of nitrogens with one attached hydrogen (secondary N) is 3. The third-order valence-corrected chi connectivity index (χ3v) is 5.76. The van der Waals surface area contributed by atoms with Crippen LogP contribution in [0.2, 0.25) is 0 Å². The highest BCUT2D eigenvalue weighted by Gasteiger charge is 2.42. The highest BCUT2D eigenvalue weighted by Crippen LogP contribution is 2.33. The van der Waals surface area contributed by atoms with Crippen LogP contribution in [0.1, 0.15) is 25.7 Å². The van der Waals surface area contributed by atoms with Gasteiger partial charge >= 0.3 is 12.0 Å². The third kappa shape index (κ3) is 7.38. The number of fused-ring (bicyclic) bond motifs is 1. The highest BCUT2D eigenvalue weighted by atomic mass is 32.2. The molecule has 3 amide bonds. The quantitative estimate of drug-likeness (QED) is 0.257. The number of hydrogen-bond donors (Lipinski definition) is 4. The predicted octanol–water partition coefficient (Wildman–Crippen LogP) is -0.0538. The van der Waals surface area contributed by atoms with Crippen LogP contribution in [0, 0.1) is 0 Å². The molecular weight excluding hydrogens is 362 g/mol. The van der Waals surface area contributed by atoms with Crippen molar-refractivity contribution < 1.29 is 29.0 Å². The zero-order chi connectivity index (χ0) is 18.8. The number of amides is 3. The zero-order valence-electron chi connectivity index (χ0n) is 14.7. The van der Waals surface area contributed by atoms with Gasteiger partial charge in [-0.2, -0.15) is 11.8 Å². The Balaban J connectivity index is 1.40. The first-order chi connectivity index (χ1) is 12.6. The number of carboxylic acid groups (broad SMARTS) is 1. The van der Waals surface area contributed by atoms with E-state index in [0.717, 1.165) is 25.0 Å². The van der Waals surface area contributed by atoms with Gasteiger partial charge < -0.3 is 30.5 Å². The summed E-state index contributed by atoms with van der Waals surface area (Å²) in [6.45, 7) is 0.991. The molecule has 0 spiro atoms. The predicted molar refractivity (Wildman–Crippen MR) is 96.2 cm³/mol. The Kier molecular flexibility index (Phi) is 8.99. The van der Waals surface area contributed by atoms with E-state index in [0.29, 0.717) is 31.4 Å². The van der Waals surface area contributed by atoms with Crippen molar-refractivity contribution in [3.05, 3.63) is 0 Å². The SMILES string of the molecule is O=C(O)COCCOCCNC(=O)CCCC[C@@H]1SCC2NC(=O)NC21. The first kappa shape index (κ1) is 20.8. The number of aliphatic carboxylic acids is 1. The number of urea groups is 1. The lowest BCUT2D eigenvalue weighted by Gasteiger charge is -2.16. The van der Waals surface area contributed by atoms with Crippen LogP contribution in [0.3, 0.4) is 0 Å². The first-order valence-corrected chi connectivity index (χ1v) is 9.93. The molecule has 2 aliphatic rings. The second kappa shape index (κ2) is 11.2. The number of unbranched alkanes of at least 4 members (excludes halogenated alkanes) is 1. The van der Waals surface area contributed by atoms with E-state index >= 15 is 0 Å². The number of carbonyl (C=O) groups excluding carboxylic acids is 2. The average Bonchev–Trinajstić information content (AvgIpc) is 3.13. The van der Waals surface area contributed by atoms with Crippen LogP contribution < -0.4 is 16.0 Å². The van der Waals surface area contributed by atoms with Crippen molar-refractivity contribution in [2.45, 2.75) is 43.0 Å². The van der Waals surface area contributed by atoms with Crippen LogP contribution in [-0.4, -0.2) is 79.1 Å². The highest BCUT2D eigenvalue weighted by molar-refractivity contribution is 8.00. The minimum Gasteiger partial charge on any atom is -0.480 e. The largest absolute Gasteiger partial charge is 0.480 e. The molecule has 0 aromatic carbocycles. The number of hydrogen-bond acceptors (Lipinski definition) is 6. The molecule has 148 valence electrons. The Hall–Kier alpha value is -1.52. The lowest BCUT2D eigenvalue weighted by atomic mass is 10.0. The summed E-state index contributed by atoms with van der Waals surface area (Å²) < 4.78 is 10.1. The summed E-state index contributed by atoms with van der Waals surface area (Å²) in [6.07, 6.45) is 3.27. The van der Waals surface area contributed by atoms with Gasteiger partial charge in [0.05, 0.1) is 31.9 Å². The second-order valence-electron chi connectivity index (χ2n) is 6.28. The van der Waals surface area contributed by atoms with Crippen LogP contribution in [0.4, 0.5) is 4.79 Å². The minimum absolute atomic E-state index is 0.00325. The van der Waals surface area contributed by atoms with Crippen molar-refractivity contribution in [3.8, 4) is 0 Å². The normalized spacial score (nSPS) is 24.0. The Morgan fingerprint density at radius 3 is 2.81 bits per heavy atom. The average molecular weight is 389 g/mol. The summed E-state index contributed by atoms with van der Waals surface area (Å²) in [6, 6.07) is 0.397. The molecule has 4 N–H and O–H groups in total. The Morgan fingerprint density at radius 2 is 2.00 bits per heavy atom. The van der Waals surface area contributed by atoms with Gasteiger partial charge in [0.1, 0.15) is 6.61 Å². The van der Waals surface area contributed by atoms with Gasteiger partial charge in [0.2, 0.25) is 5.91 Å². The summed E-state index contributed by atoms with van der Waals surface area (Å²) in [5.74, 6) is -0.0487. The molecule has 26 heavy (non-hydrogen) atoms. The molecule has 2 aliphatic heterocycles. The Labute approximate surface area is 156 Å². The number of rotatable bonds is 13. The second-order valence-corrected chi connectivity index (χ2v) is 7.55. The number of carbonyl (C=O) groups is 3. The molecule has 0 aromatic rings. The lowest BCUT2D eigenvalue weighted by molar-refractivity contribution is -0.142. The first-order valence-electron chi connectivity index (χ1n) is 8.89. The van der Waals surface area contributed by atoms with Crippen molar-refractivity contribution in [1.29, 1.82) is 0 Å². The summed E-state index contributed by atoms with van der Waals surface area (Å²) in [5.41, 5.74) is 0. The Bertz CT molecular complexity index is 493. The van der Waals surface area contributed by atoms with Gasteiger partial charge in [-0.1, -0.05) is 6.42 Å². The standard InChI is InChI=1S/C16H27N3O6S/c20-13(17-5-6-24-7-8-25-9-14(21)22)4-2-1-3-12-15-11(10-26-12)18-16(23)19-15/h11-12,15H,1-10H2,(H,17,20)(H,21,22)(H2,18,19,23)/t11?,12-,15?/m0/s1. The fourth-order valence-corrected chi connectivity index (χ4v) is 4.55. The van der Waals surface area contributed by atoms with Crippen LogP contribution in [0.5, 0.6) is 0 Å². The van der Waals surface area contributed by atoms with Gasteiger partial charge in [-0.25, -0.2) is 9.59 Å². The maximum absolute atomic E-state index is 11.7. The van der Waals surface area contributed by atoms with Crippen LogP contribution >= 0.6 is 11.8 Å². The molecule has 2 rings (SSSR count). The topological polar surface area (TPSA) is 126 Å². The summed E-state index contributed by atoms with van der Waals surface area (Å²) >= 11 is 1.88. The molecule has 3 atom stereocenters. The van der Waals surface area contributed by atoms with Crippen LogP contribution in [-0.2, 0) is 19.1 Å².